The van der Waals surface area contributed by atoms with Gasteiger partial charge in [0.15, 0.2) is 0 Å². The van der Waals surface area contributed by atoms with Crippen LogP contribution >= 0.6 is 0 Å². The SMILES string of the molecule is CCC1(CC(F)F)Cc2c(C)cccc2CO1. The van der Waals surface area contributed by atoms with Crippen LogP contribution in [0.25, 0.3) is 0 Å². The Morgan fingerprint density at radius 2 is 2.18 bits per heavy atom. The lowest BCUT2D eigenvalue weighted by atomic mass is 9.83. The fraction of sp³-hybridized carbons (Fsp3) is 0.571. The zero-order valence-corrected chi connectivity index (χ0v) is 10.3. The predicted octanol–water partition coefficient (Wildman–Crippen LogP) is 3.87. The number of ether oxygens (including phenoxy) is 1. The molecule has 0 radical (unpaired) electrons. The average molecular weight is 240 g/mol. The molecule has 0 fully saturated rings. The van der Waals surface area contributed by atoms with Gasteiger partial charge in [-0.05, 0) is 30.0 Å². The average Bonchev–Trinajstić information content (AvgIpc) is 2.29. The Morgan fingerprint density at radius 3 is 2.82 bits per heavy atom. The van der Waals surface area contributed by atoms with Crippen LogP contribution < -0.4 is 0 Å². The second kappa shape index (κ2) is 4.73. The molecule has 1 unspecified atom stereocenters. The fourth-order valence-corrected chi connectivity index (χ4v) is 2.54. The smallest absolute Gasteiger partial charge is 0.241 e. The van der Waals surface area contributed by atoms with Gasteiger partial charge in [-0.25, -0.2) is 8.78 Å². The highest BCUT2D eigenvalue weighted by molar-refractivity contribution is 5.36. The van der Waals surface area contributed by atoms with Crippen LogP contribution in [0.4, 0.5) is 8.78 Å². The molecule has 1 heterocycles. The zero-order valence-electron chi connectivity index (χ0n) is 10.3. The van der Waals surface area contributed by atoms with Gasteiger partial charge in [0.1, 0.15) is 0 Å². The minimum absolute atomic E-state index is 0.169. The summed E-state index contributed by atoms with van der Waals surface area (Å²) >= 11 is 0. The summed E-state index contributed by atoms with van der Waals surface area (Å²) in [5.74, 6) is 0. The molecule has 3 heteroatoms. The van der Waals surface area contributed by atoms with Crippen LogP contribution in [0.5, 0.6) is 0 Å². The second-order valence-electron chi connectivity index (χ2n) is 4.81. The third-order valence-corrected chi connectivity index (χ3v) is 3.71. The number of halogens is 2. The van der Waals surface area contributed by atoms with Crippen LogP contribution in [-0.4, -0.2) is 12.0 Å². The van der Waals surface area contributed by atoms with Crippen LogP contribution in [0.2, 0.25) is 0 Å². The summed E-state index contributed by atoms with van der Waals surface area (Å²) in [7, 11) is 0. The van der Waals surface area contributed by atoms with Crippen molar-refractivity contribution in [1.29, 1.82) is 0 Å². The molecule has 0 saturated heterocycles. The number of hydrogen-bond acceptors (Lipinski definition) is 1. The van der Waals surface area contributed by atoms with Crippen LogP contribution in [0.1, 0.15) is 36.5 Å². The number of benzene rings is 1. The Balaban J connectivity index is 2.29. The van der Waals surface area contributed by atoms with Gasteiger partial charge >= 0.3 is 0 Å². The molecule has 0 saturated carbocycles. The van der Waals surface area contributed by atoms with E-state index in [0.717, 1.165) is 5.56 Å². The van der Waals surface area contributed by atoms with E-state index in [9.17, 15) is 8.78 Å². The van der Waals surface area contributed by atoms with Crippen LogP contribution in [0, 0.1) is 6.92 Å². The molecule has 0 aromatic heterocycles. The maximum atomic E-state index is 12.6. The van der Waals surface area contributed by atoms with E-state index in [1.165, 1.54) is 11.1 Å². The third kappa shape index (κ3) is 2.49. The quantitative estimate of drug-likeness (QED) is 0.779. The standard InChI is InChI=1S/C14H18F2O/c1-3-14(8-13(15)16)7-12-10(2)5-4-6-11(12)9-17-14/h4-6,13H,3,7-9H2,1-2H3. The first kappa shape index (κ1) is 12.5. The monoisotopic (exact) mass is 240 g/mol. The van der Waals surface area contributed by atoms with Crippen molar-refractivity contribution < 1.29 is 13.5 Å². The Bertz CT molecular complexity index is 403. The molecule has 0 spiro atoms. The molecule has 2 rings (SSSR count). The number of hydrogen-bond donors (Lipinski definition) is 0. The van der Waals surface area contributed by atoms with E-state index in [2.05, 4.69) is 0 Å². The van der Waals surface area contributed by atoms with Gasteiger partial charge in [-0.3, -0.25) is 0 Å². The maximum absolute atomic E-state index is 12.6. The summed E-state index contributed by atoms with van der Waals surface area (Å²) in [5, 5.41) is 0. The van der Waals surface area contributed by atoms with Crippen molar-refractivity contribution in [3.05, 3.63) is 34.9 Å². The fourth-order valence-electron chi connectivity index (χ4n) is 2.54. The van der Waals surface area contributed by atoms with Gasteiger partial charge in [0.05, 0.1) is 12.2 Å². The first-order valence-corrected chi connectivity index (χ1v) is 6.06. The van der Waals surface area contributed by atoms with Crippen LogP contribution in [0.3, 0.4) is 0 Å². The van der Waals surface area contributed by atoms with Gasteiger partial charge in [-0.2, -0.15) is 0 Å². The molecule has 1 aliphatic rings. The molecule has 0 N–H and O–H groups in total. The van der Waals surface area contributed by atoms with Crippen LogP contribution in [-0.2, 0) is 17.8 Å². The lowest BCUT2D eigenvalue weighted by Gasteiger charge is -2.38. The first-order valence-electron chi connectivity index (χ1n) is 6.06. The Kier molecular flexibility index (Phi) is 3.48. The minimum atomic E-state index is -2.31. The molecule has 94 valence electrons. The highest BCUT2D eigenvalue weighted by Crippen LogP contribution is 2.36. The number of fused-ring (bicyclic) bond motifs is 1. The number of alkyl halides is 2. The lowest BCUT2D eigenvalue weighted by Crippen LogP contribution is -2.40. The summed E-state index contributed by atoms with van der Waals surface area (Å²) in [5.41, 5.74) is 2.84. The van der Waals surface area contributed by atoms with E-state index in [4.69, 9.17) is 4.74 Å². The summed E-state index contributed by atoms with van der Waals surface area (Å²) in [4.78, 5) is 0. The van der Waals surface area contributed by atoms with Crippen molar-refractivity contribution in [1.82, 2.24) is 0 Å². The topological polar surface area (TPSA) is 9.23 Å². The molecule has 1 aromatic carbocycles. The summed E-state index contributed by atoms with van der Waals surface area (Å²) in [6.45, 7) is 4.41. The molecule has 0 bridgehead atoms. The van der Waals surface area contributed by atoms with E-state index in [0.29, 0.717) is 19.4 Å². The summed E-state index contributed by atoms with van der Waals surface area (Å²) in [6.07, 6.45) is -1.24. The molecular formula is C14H18F2O. The highest BCUT2D eigenvalue weighted by Gasteiger charge is 2.37. The highest BCUT2D eigenvalue weighted by atomic mass is 19.3. The number of aryl methyl sites for hydroxylation is 1. The van der Waals surface area contributed by atoms with E-state index in [1.807, 2.05) is 32.0 Å². The molecule has 1 nitrogen and oxygen atoms in total. The normalized spacial score (nSPS) is 23.8. The van der Waals surface area contributed by atoms with Gasteiger partial charge < -0.3 is 4.74 Å². The third-order valence-electron chi connectivity index (χ3n) is 3.71. The molecule has 0 aliphatic carbocycles. The van der Waals surface area contributed by atoms with Gasteiger partial charge in [0.2, 0.25) is 6.43 Å². The Labute approximate surface area is 101 Å². The van der Waals surface area contributed by atoms with E-state index in [1.54, 1.807) is 0 Å². The molecule has 0 amide bonds. The van der Waals surface area contributed by atoms with Crippen molar-refractivity contribution in [2.45, 2.75) is 51.7 Å². The van der Waals surface area contributed by atoms with Crippen molar-refractivity contribution in [3.63, 3.8) is 0 Å². The predicted molar refractivity (Wildman–Crippen MR) is 63.3 cm³/mol. The van der Waals surface area contributed by atoms with Crippen molar-refractivity contribution in [3.8, 4) is 0 Å². The Morgan fingerprint density at radius 1 is 1.41 bits per heavy atom. The first-order chi connectivity index (χ1) is 8.06. The van der Waals surface area contributed by atoms with E-state index < -0.39 is 12.0 Å². The van der Waals surface area contributed by atoms with Crippen LogP contribution in [0.15, 0.2) is 18.2 Å². The van der Waals surface area contributed by atoms with Gasteiger partial charge in [-0.1, -0.05) is 25.1 Å². The van der Waals surface area contributed by atoms with Crippen molar-refractivity contribution in [2.24, 2.45) is 0 Å². The van der Waals surface area contributed by atoms with Gasteiger partial charge in [0.25, 0.3) is 0 Å². The second-order valence-corrected chi connectivity index (χ2v) is 4.81. The maximum Gasteiger partial charge on any atom is 0.241 e. The summed E-state index contributed by atoms with van der Waals surface area (Å²) in [6, 6.07) is 6.04. The number of rotatable bonds is 3. The van der Waals surface area contributed by atoms with Crippen molar-refractivity contribution in [2.75, 3.05) is 0 Å². The summed E-state index contributed by atoms with van der Waals surface area (Å²) < 4.78 is 31.0. The molecule has 1 aliphatic heterocycles. The van der Waals surface area contributed by atoms with E-state index in [-0.39, 0.29) is 6.42 Å². The lowest BCUT2D eigenvalue weighted by molar-refractivity contribution is -0.101. The largest absolute Gasteiger partial charge is 0.370 e. The molecule has 1 aromatic rings. The van der Waals surface area contributed by atoms with Gasteiger partial charge in [-0.15, -0.1) is 0 Å². The zero-order chi connectivity index (χ0) is 12.5. The van der Waals surface area contributed by atoms with Gasteiger partial charge in [0, 0.05) is 12.8 Å². The molecule has 17 heavy (non-hydrogen) atoms. The molecule has 1 atom stereocenters. The Hall–Kier alpha value is -0.960. The van der Waals surface area contributed by atoms with E-state index >= 15 is 0 Å². The van der Waals surface area contributed by atoms with Crippen molar-refractivity contribution >= 4 is 0 Å². The molecular weight excluding hydrogens is 222 g/mol. The minimum Gasteiger partial charge on any atom is -0.370 e.